The molecule has 0 bridgehead atoms. The van der Waals surface area contributed by atoms with E-state index in [0.29, 0.717) is 12.1 Å². The smallest absolute Gasteiger partial charge is 0.127 e. The van der Waals surface area contributed by atoms with E-state index in [1.807, 2.05) is 24.3 Å². The minimum Gasteiger partial charge on any atom is -0.492 e. The van der Waals surface area contributed by atoms with E-state index in [-0.39, 0.29) is 0 Å². The van der Waals surface area contributed by atoms with Crippen LogP contribution in [0.5, 0.6) is 5.75 Å². The topological polar surface area (TPSA) is 12.5 Å². The van der Waals surface area contributed by atoms with Gasteiger partial charge < -0.3 is 4.74 Å². The summed E-state index contributed by atoms with van der Waals surface area (Å²) >= 11 is 0. The van der Waals surface area contributed by atoms with E-state index in [9.17, 15) is 0 Å². The van der Waals surface area contributed by atoms with Crippen LogP contribution in [0.15, 0.2) is 24.3 Å². The highest BCUT2D eigenvalue weighted by Crippen LogP contribution is 2.08. The van der Waals surface area contributed by atoms with Gasteiger partial charge in [-0.1, -0.05) is 18.2 Å². The Morgan fingerprint density at radius 3 is 2.38 bits per heavy atom. The Morgan fingerprint density at radius 1 is 1.19 bits per heavy atom. The molecule has 1 rings (SSSR count). The summed E-state index contributed by atoms with van der Waals surface area (Å²) in [5.74, 6) is 0.829. The summed E-state index contributed by atoms with van der Waals surface area (Å²) in [5, 5.41) is 0. The number of para-hydroxylation sites is 1. The van der Waals surface area contributed by atoms with Gasteiger partial charge in [-0.3, -0.25) is 4.90 Å². The molecule has 1 aromatic rings. The second-order valence-corrected chi connectivity index (χ2v) is 4.50. The van der Waals surface area contributed by atoms with Gasteiger partial charge in [0.15, 0.2) is 0 Å². The molecule has 0 saturated heterocycles. The number of rotatable bonds is 6. The van der Waals surface area contributed by atoms with Gasteiger partial charge in [0.1, 0.15) is 12.4 Å². The number of hydrogen-bond acceptors (Lipinski definition) is 2. The quantitative estimate of drug-likeness (QED) is 0.730. The lowest BCUT2D eigenvalue weighted by molar-refractivity contribution is 0.142. The Kier molecular flexibility index (Phi) is 5.33. The highest BCUT2D eigenvalue weighted by Gasteiger charge is 2.12. The number of benzene rings is 1. The van der Waals surface area contributed by atoms with Crippen molar-refractivity contribution >= 4 is 0 Å². The Labute approximate surface area is 99.2 Å². The average molecular weight is 220 g/mol. The fraction of sp³-hybridized carbons (Fsp3) is 0.571. The molecule has 2 nitrogen and oxygen atoms in total. The standard InChI is InChI=1S/C14H22NO/c1-12(2)15(13(3)4)10-11-16-14-8-6-5-7-9-14/h5-8,12-13H,10-11H2,1-4H3. The first-order valence-corrected chi connectivity index (χ1v) is 5.96. The predicted octanol–water partition coefficient (Wildman–Crippen LogP) is 2.98. The molecule has 0 saturated carbocycles. The monoisotopic (exact) mass is 220 g/mol. The van der Waals surface area contributed by atoms with Crippen LogP contribution in [0.25, 0.3) is 0 Å². The summed E-state index contributed by atoms with van der Waals surface area (Å²) in [7, 11) is 0. The van der Waals surface area contributed by atoms with E-state index in [2.05, 4.69) is 38.7 Å². The van der Waals surface area contributed by atoms with Crippen molar-refractivity contribution in [3.8, 4) is 5.75 Å². The molecule has 0 unspecified atom stereocenters. The zero-order chi connectivity index (χ0) is 12.0. The Bertz CT molecular complexity index is 274. The summed E-state index contributed by atoms with van der Waals surface area (Å²) in [6.45, 7) is 10.5. The molecule has 0 N–H and O–H groups in total. The van der Waals surface area contributed by atoms with Crippen molar-refractivity contribution in [2.45, 2.75) is 39.8 Å². The molecule has 16 heavy (non-hydrogen) atoms. The van der Waals surface area contributed by atoms with Crippen LogP contribution in [0.2, 0.25) is 0 Å². The fourth-order valence-corrected chi connectivity index (χ4v) is 1.84. The molecule has 0 aliphatic heterocycles. The fourth-order valence-electron chi connectivity index (χ4n) is 1.84. The van der Waals surface area contributed by atoms with E-state index in [1.165, 1.54) is 0 Å². The molecular weight excluding hydrogens is 198 g/mol. The van der Waals surface area contributed by atoms with Gasteiger partial charge in [-0.2, -0.15) is 0 Å². The van der Waals surface area contributed by atoms with Gasteiger partial charge >= 0.3 is 0 Å². The second-order valence-electron chi connectivity index (χ2n) is 4.50. The molecule has 89 valence electrons. The van der Waals surface area contributed by atoms with Crippen molar-refractivity contribution in [3.05, 3.63) is 30.3 Å². The summed E-state index contributed by atoms with van der Waals surface area (Å²) < 4.78 is 5.64. The maximum Gasteiger partial charge on any atom is 0.127 e. The normalized spacial score (nSPS) is 11.4. The highest BCUT2D eigenvalue weighted by atomic mass is 16.5. The van der Waals surface area contributed by atoms with Crippen molar-refractivity contribution in [2.75, 3.05) is 13.2 Å². The van der Waals surface area contributed by atoms with E-state index >= 15 is 0 Å². The van der Waals surface area contributed by atoms with Crippen LogP contribution in [0, 0.1) is 6.07 Å². The van der Waals surface area contributed by atoms with Gasteiger partial charge in [-0.15, -0.1) is 0 Å². The Balaban J connectivity index is 2.34. The van der Waals surface area contributed by atoms with Crippen LogP contribution in [0.1, 0.15) is 27.7 Å². The number of nitrogens with zero attached hydrogens (tertiary/aromatic N) is 1. The molecule has 0 amide bonds. The van der Waals surface area contributed by atoms with E-state index in [1.54, 1.807) is 0 Å². The molecule has 0 aliphatic rings. The van der Waals surface area contributed by atoms with E-state index in [4.69, 9.17) is 4.74 Å². The number of hydrogen-bond donors (Lipinski definition) is 0. The molecule has 0 spiro atoms. The van der Waals surface area contributed by atoms with E-state index in [0.717, 1.165) is 18.9 Å². The lowest BCUT2D eigenvalue weighted by Crippen LogP contribution is -2.39. The molecule has 2 heteroatoms. The lowest BCUT2D eigenvalue weighted by Gasteiger charge is -2.30. The van der Waals surface area contributed by atoms with Crippen LogP contribution < -0.4 is 4.74 Å². The summed E-state index contributed by atoms with van der Waals surface area (Å²) in [5.41, 5.74) is 0. The Morgan fingerprint density at radius 2 is 1.88 bits per heavy atom. The third-order valence-electron chi connectivity index (χ3n) is 2.61. The van der Waals surface area contributed by atoms with Crippen molar-refractivity contribution in [3.63, 3.8) is 0 Å². The molecule has 0 aliphatic carbocycles. The summed E-state index contributed by atoms with van der Waals surface area (Å²) in [6.07, 6.45) is 0. The van der Waals surface area contributed by atoms with Gasteiger partial charge in [-0.05, 0) is 33.8 Å². The maximum absolute atomic E-state index is 5.64. The second kappa shape index (κ2) is 6.54. The zero-order valence-corrected chi connectivity index (χ0v) is 10.7. The Hall–Kier alpha value is -1.02. The molecule has 1 radical (unpaired) electrons. The third-order valence-corrected chi connectivity index (χ3v) is 2.61. The average Bonchev–Trinajstić information content (AvgIpc) is 2.24. The van der Waals surface area contributed by atoms with Crippen molar-refractivity contribution in [1.82, 2.24) is 4.90 Å². The van der Waals surface area contributed by atoms with Crippen LogP contribution in [-0.4, -0.2) is 30.1 Å². The minimum absolute atomic E-state index is 0.559. The maximum atomic E-state index is 5.64. The van der Waals surface area contributed by atoms with E-state index < -0.39 is 0 Å². The molecule has 1 aromatic carbocycles. The van der Waals surface area contributed by atoms with Crippen LogP contribution in [0.3, 0.4) is 0 Å². The molecular formula is C14H22NO. The summed E-state index contributed by atoms with van der Waals surface area (Å²) in [4.78, 5) is 2.42. The zero-order valence-electron chi connectivity index (χ0n) is 10.7. The third kappa shape index (κ3) is 4.23. The van der Waals surface area contributed by atoms with Gasteiger partial charge in [0.25, 0.3) is 0 Å². The predicted molar refractivity (Wildman–Crippen MR) is 67.8 cm³/mol. The minimum atomic E-state index is 0.559. The lowest BCUT2D eigenvalue weighted by atomic mass is 10.2. The number of ether oxygens (including phenoxy) is 1. The summed E-state index contributed by atoms with van der Waals surface area (Å²) in [6, 6.07) is 11.9. The van der Waals surface area contributed by atoms with Gasteiger partial charge in [0.05, 0.1) is 0 Å². The largest absolute Gasteiger partial charge is 0.492 e. The van der Waals surface area contributed by atoms with Crippen molar-refractivity contribution < 1.29 is 4.74 Å². The molecule has 0 heterocycles. The first kappa shape index (κ1) is 13.0. The highest BCUT2D eigenvalue weighted by molar-refractivity contribution is 5.19. The molecule has 0 fully saturated rings. The molecule has 0 atom stereocenters. The first-order valence-electron chi connectivity index (χ1n) is 5.96. The molecule has 0 aromatic heterocycles. The van der Waals surface area contributed by atoms with Crippen LogP contribution in [-0.2, 0) is 0 Å². The van der Waals surface area contributed by atoms with Gasteiger partial charge in [0.2, 0.25) is 0 Å². The van der Waals surface area contributed by atoms with Gasteiger partial charge in [0, 0.05) is 24.7 Å². The van der Waals surface area contributed by atoms with Gasteiger partial charge in [-0.25, -0.2) is 0 Å². The van der Waals surface area contributed by atoms with Crippen LogP contribution >= 0.6 is 0 Å². The van der Waals surface area contributed by atoms with Crippen molar-refractivity contribution in [1.29, 1.82) is 0 Å². The SMILES string of the molecule is CC(C)N(CCOc1[c]cccc1)C(C)C. The first-order chi connectivity index (χ1) is 7.61. The van der Waals surface area contributed by atoms with Crippen molar-refractivity contribution in [2.24, 2.45) is 0 Å². The van der Waals surface area contributed by atoms with Crippen LogP contribution in [0.4, 0.5) is 0 Å².